The van der Waals surface area contributed by atoms with E-state index in [-0.39, 0.29) is 44.0 Å². The summed E-state index contributed by atoms with van der Waals surface area (Å²) in [6.45, 7) is 8.38. The second-order valence-corrected chi connectivity index (χ2v) is 8.63. The van der Waals surface area contributed by atoms with Crippen molar-refractivity contribution in [1.29, 1.82) is 0 Å². The van der Waals surface area contributed by atoms with Crippen molar-refractivity contribution in [1.82, 2.24) is 4.98 Å². The number of benzene rings is 3. The van der Waals surface area contributed by atoms with E-state index in [0.717, 1.165) is 23.5 Å². The van der Waals surface area contributed by atoms with Crippen molar-refractivity contribution in [3.8, 4) is 11.3 Å². The van der Waals surface area contributed by atoms with E-state index < -0.39 is 11.6 Å². The zero-order valence-corrected chi connectivity index (χ0v) is 23.7. The van der Waals surface area contributed by atoms with Gasteiger partial charge in [0.25, 0.3) is 0 Å². The number of aromatic nitrogens is 1. The van der Waals surface area contributed by atoms with Gasteiger partial charge in [-0.3, -0.25) is 8.78 Å². The number of hydrogen-bond donors (Lipinski definition) is 0. The summed E-state index contributed by atoms with van der Waals surface area (Å²) in [6.07, 6.45) is 1.33. The Balaban J connectivity index is 0.000000277. The third-order valence-electron chi connectivity index (χ3n) is 4.94. The van der Waals surface area contributed by atoms with Gasteiger partial charge in [-0.1, -0.05) is 87.9 Å². The summed E-state index contributed by atoms with van der Waals surface area (Å²) in [5, 5.41) is 9.66. The molecule has 0 N–H and O–H groups in total. The molecule has 4 rings (SSSR count). The number of rotatable bonds is 8. The van der Waals surface area contributed by atoms with Gasteiger partial charge in [-0.25, -0.2) is 0 Å². The van der Waals surface area contributed by atoms with Gasteiger partial charge in [0.15, 0.2) is 0 Å². The van der Waals surface area contributed by atoms with Crippen LogP contribution in [0.25, 0.3) is 21.9 Å². The van der Waals surface area contributed by atoms with E-state index in [1.54, 1.807) is 24.4 Å². The molecule has 0 aliphatic carbocycles. The van der Waals surface area contributed by atoms with Gasteiger partial charge in [-0.15, -0.1) is 24.2 Å². The molecule has 0 fully saturated rings. The molecule has 0 bridgehead atoms. The van der Waals surface area contributed by atoms with Crippen LogP contribution in [0.3, 0.4) is 0 Å². The van der Waals surface area contributed by atoms with Crippen molar-refractivity contribution in [2.45, 2.75) is 46.1 Å². The molecule has 0 unspecified atom stereocenters. The first-order chi connectivity index (χ1) is 17.3. The number of hydrogen-bond acceptors (Lipinski definition) is 2. The Bertz CT molecular complexity index is 1130. The number of halogens is 2. The molecule has 4 aromatic rings. The molecule has 0 radical (unpaired) electrons. The number of para-hydroxylation sites is 2. The normalized spacial score (nSPS) is 10.6. The van der Waals surface area contributed by atoms with Crippen LogP contribution < -0.4 is 4.90 Å². The third kappa shape index (κ3) is 9.45. The first-order valence-corrected chi connectivity index (χ1v) is 11.9. The molecule has 3 aromatic carbocycles. The van der Waals surface area contributed by atoms with E-state index in [4.69, 9.17) is 10.6 Å². The third-order valence-corrected chi connectivity index (χ3v) is 4.94. The fourth-order valence-electron chi connectivity index (χ4n) is 3.45. The number of nitrogens with zero attached hydrogens (tertiary/aromatic N) is 4. The van der Waals surface area contributed by atoms with Crippen molar-refractivity contribution in [3.63, 3.8) is 0 Å². The second kappa shape index (κ2) is 15.3. The number of anilines is 2. The minimum absolute atomic E-state index is 0. The SMILES string of the molecule is CC(C)[N-]C([N-]C(C)C)N(c1ccccc1)c1ccccc1.Fc1c[c-]c(-c2ccccn2)c(F)c1.[Ir+3]. The van der Waals surface area contributed by atoms with Gasteiger partial charge in [0.1, 0.15) is 0 Å². The molecule has 37 heavy (non-hydrogen) atoms. The van der Waals surface area contributed by atoms with E-state index in [1.165, 1.54) is 0 Å². The van der Waals surface area contributed by atoms with E-state index in [9.17, 15) is 8.78 Å². The molecule has 4 nitrogen and oxygen atoms in total. The zero-order chi connectivity index (χ0) is 25.9. The van der Waals surface area contributed by atoms with Crippen LogP contribution in [-0.4, -0.2) is 23.4 Å². The molecule has 0 spiro atoms. The van der Waals surface area contributed by atoms with Crippen LogP contribution in [-0.2, 0) is 20.1 Å². The van der Waals surface area contributed by atoms with Crippen molar-refractivity contribution in [3.05, 3.63) is 126 Å². The predicted octanol–water partition coefficient (Wildman–Crippen LogP) is 8.50. The van der Waals surface area contributed by atoms with E-state index >= 15 is 0 Å². The molecule has 1 heterocycles. The second-order valence-electron chi connectivity index (χ2n) is 8.63. The van der Waals surface area contributed by atoms with Crippen LogP contribution in [0.1, 0.15) is 27.7 Å². The molecular weight excluding hydrogens is 647 g/mol. The van der Waals surface area contributed by atoms with Gasteiger partial charge in [0, 0.05) is 29.2 Å². The van der Waals surface area contributed by atoms with Gasteiger partial charge in [-0.05, 0) is 36.0 Å². The van der Waals surface area contributed by atoms with Gasteiger partial charge in [-0.2, -0.15) is 6.29 Å². The fourth-order valence-corrected chi connectivity index (χ4v) is 3.45. The van der Waals surface area contributed by atoms with E-state index in [2.05, 4.69) is 67.9 Å². The fraction of sp³-hybridized carbons (Fsp3) is 0.233. The molecule has 0 aliphatic heterocycles. The van der Waals surface area contributed by atoms with Crippen molar-refractivity contribution >= 4 is 11.4 Å². The molecule has 194 valence electrons. The first-order valence-electron chi connectivity index (χ1n) is 11.9. The van der Waals surface area contributed by atoms with Crippen molar-refractivity contribution in [2.75, 3.05) is 4.90 Å². The molecule has 0 atom stereocenters. The Morgan fingerprint density at radius 3 is 1.70 bits per heavy atom. The minimum atomic E-state index is -0.649. The van der Waals surface area contributed by atoms with Crippen molar-refractivity contribution < 1.29 is 28.9 Å². The largest absolute Gasteiger partial charge is 3.00 e. The average molecular weight is 678 g/mol. The van der Waals surface area contributed by atoms with Crippen LogP contribution in [0.5, 0.6) is 0 Å². The maximum Gasteiger partial charge on any atom is 3.00 e. The van der Waals surface area contributed by atoms with Gasteiger partial charge in [0.2, 0.25) is 0 Å². The van der Waals surface area contributed by atoms with Gasteiger partial charge < -0.3 is 20.5 Å². The smallest absolute Gasteiger partial charge is 0.658 e. The Hall–Kier alpha value is -2.96. The molecule has 0 amide bonds. The number of pyridine rings is 1. The van der Waals surface area contributed by atoms with Crippen LogP contribution >= 0.6 is 0 Å². The van der Waals surface area contributed by atoms with E-state index in [1.807, 2.05) is 36.4 Å². The summed E-state index contributed by atoms with van der Waals surface area (Å²) < 4.78 is 25.8. The minimum Gasteiger partial charge on any atom is -0.658 e. The van der Waals surface area contributed by atoms with Crippen molar-refractivity contribution in [2.24, 2.45) is 0 Å². The monoisotopic (exact) mass is 678 g/mol. The summed E-state index contributed by atoms with van der Waals surface area (Å²) in [4.78, 5) is 6.14. The Morgan fingerprint density at radius 2 is 1.27 bits per heavy atom. The molecule has 0 aliphatic rings. The topological polar surface area (TPSA) is 44.3 Å². The summed E-state index contributed by atoms with van der Waals surface area (Å²) in [6, 6.07) is 30.6. The Labute approximate surface area is 232 Å². The first kappa shape index (κ1) is 30.3. The van der Waals surface area contributed by atoms with Gasteiger partial charge in [0.05, 0.1) is 0 Å². The molecule has 0 saturated carbocycles. The maximum atomic E-state index is 13.2. The Morgan fingerprint density at radius 1 is 0.757 bits per heavy atom. The summed E-state index contributed by atoms with van der Waals surface area (Å²) in [5.74, 6) is -1.29. The van der Waals surface area contributed by atoms with E-state index in [0.29, 0.717) is 5.69 Å². The molecule has 0 saturated heterocycles. The standard InChI is InChI=1S/C19H25N3.C11H6F2N.Ir/c1-15(2)20-19(21-16(3)4)22(17-11-7-5-8-12-17)18-13-9-6-10-14-18;12-8-4-5-9(10(13)7-8)11-3-1-2-6-14-11;/h5-16,19H,1-4H3;1-4,6-7H;/q-2;-1;+3. The molecule has 1 aromatic heterocycles. The summed E-state index contributed by atoms with van der Waals surface area (Å²) in [5.41, 5.74) is 2.84. The molecular formula is C30H31F2IrN4. The summed E-state index contributed by atoms with van der Waals surface area (Å²) >= 11 is 0. The van der Waals surface area contributed by atoms with Crippen LogP contribution in [0, 0.1) is 17.7 Å². The predicted molar refractivity (Wildman–Crippen MR) is 144 cm³/mol. The molecule has 7 heteroatoms. The van der Waals surface area contributed by atoms with Crippen LogP contribution in [0.15, 0.2) is 97.2 Å². The zero-order valence-electron chi connectivity index (χ0n) is 21.3. The van der Waals surface area contributed by atoms with Crippen LogP contribution in [0.4, 0.5) is 20.2 Å². The average Bonchev–Trinajstić information content (AvgIpc) is 2.86. The Kier molecular flexibility index (Phi) is 12.5. The summed E-state index contributed by atoms with van der Waals surface area (Å²) in [7, 11) is 0. The quantitative estimate of drug-likeness (QED) is 0.176. The maximum absolute atomic E-state index is 13.2. The van der Waals surface area contributed by atoms with Crippen LogP contribution in [0.2, 0.25) is 0 Å². The van der Waals surface area contributed by atoms with Gasteiger partial charge >= 0.3 is 20.1 Å².